The second-order valence-electron chi connectivity index (χ2n) is 3.85. The highest BCUT2D eigenvalue weighted by atomic mass is 19.2. The molecule has 0 bridgehead atoms. The van der Waals surface area contributed by atoms with Gasteiger partial charge in [-0.2, -0.15) is 5.10 Å². The van der Waals surface area contributed by atoms with Gasteiger partial charge in [-0.05, 0) is 6.07 Å². The van der Waals surface area contributed by atoms with Crippen molar-refractivity contribution in [3.8, 4) is 5.75 Å². The van der Waals surface area contributed by atoms with Crippen LogP contribution in [0, 0.1) is 11.6 Å². The maximum absolute atomic E-state index is 13.5. The highest BCUT2D eigenvalue weighted by Gasteiger charge is 2.15. The van der Waals surface area contributed by atoms with E-state index in [1.54, 1.807) is 6.20 Å². The van der Waals surface area contributed by atoms with Crippen molar-refractivity contribution in [1.29, 1.82) is 0 Å². The summed E-state index contributed by atoms with van der Waals surface area (Å²) in [6, 6.07) is 3.27. The molecule has 0 amide bonds. The first-order valence-corrected chi connectivity index (χ1v) is 5.37. The Labute approximate surface area is 103 Å². The van der Waals surface area contributed by atoms with Gasteiger partial charge in [0.1, 0.15) is 0 Å². The Balaban J connectivity index is 2.16. The second kappa shape index (κ2) is 5.14. The summed E-state index contributed by atoms with van der Waals surface area (Å²) >= 11 is 0. The largest absolute Gasteiger partial charge is 0.493 e. The molecule has 1 atom stereocenters. The molecule has 96 valence electrons. The highest BCUT2D eigenvalue weighted by Crippen LogP contribution is 2.19. The molecule has 1 aromatic carbocycles. The summed E-state index contributed by atoms with van der Waals surface area (Å²) in [5, 5.41) is 4.00. The molecule has 0 spiro atoms. The van der Waals surface area contributed by atoms with E-state index in [1.165, 1.54) is 30.1 Å². The van der Waals surface area contributed by atoms with E-state index in [1.807, 2.05) is 0 Å². The van der Waals surface area contributed by atoms with Gasteiger partial charge in [0, 0.05) is 5.56 Å². The van der Waals surface area contributed by atoms with E-state index in [4.69, 9.17) is 10.5 Å². The van der Waals surface area contributed by atoms with Crippen LogP contribution in [-0.2, 0) is 6.54 Å². The predicted molar refractivity (Wildman–Crippen MR) is 62.1 cm³/mol. The average molecular weight is 253 g/mol. The normalized spacial score (nSPS) is 12.4. The van der Waals surface area contributed by atoms with Crippen LogP contribution in [0.4, 0.5) is 8.78 Å². The molecule has 1 aromatic heterocycles. The van der Waals surface area contributed by atoms with Gasteiger partial charge in [0.05, 0.1) is 32.1 Å². The molecule has 2 aromatic rings. The van der Waals surface area contributed by atoms with E-state index in [-0.39, 0.29) is 12.1 Å². The number of nitrogens with two attached hydrogens (primary N) is 1. The minimum atomic E-state index is -0.913. The molecule has 18 heavy (non-hydrogen) atoms. The predicted octanol–water partition coefficient (Wildman–Crippen LogP) is 1.87. The quantitative estimate of drug-likeness (QED) is 0.905. The Morgan fingerprint density at radius 3 is 2.89 bits per heavy atom. The van der Waals surface area contributed by atoms with E-state index in [9.17, 15) is 8.78 Å². The Kier molecular flexibility index (Phi) is 3.57. The minimum absolute atomic E-state index is 0.129. The van der Waals surface area contributed by atoms with Crippen molar-refractivity contribution in [2.45, 2.75) is 12.6 Å². The third kappa shape index (κ3) is 2.48. The third-order valence-electron chi connectivity index (χ3n) is 2.61. The Bertz CT molecular complexity index is 542. The molecule has 4 nitrogen and oxygen atoms in total. The van der Waals surface area contributed by atoms with Crippen molar-refractivity contribution in [2.24, 2.45) is 5.73 Å². The zero-order valence-corrected chi connectivity index (χ0v) is 9.81. The summed E-state index contributed by atoms with van der Waals surface area (Å²) in [6.45, 7) is 0.240. The maximum atomic E-state index is 13.5. The van der Waals surface area contributed by atoms with Crippen LogP contribution in [0.2, 0.25) is 0 Å². The molecule has 1 heterocycles. The molecule has 1 unspecified atom stereocenters. The van der Waals surface area contributed by atoms with Crippen molar-refractivity contribution < 1.29 is 13.5 Å². The van der Waals surface area contributed by atoms with Gasteiger partial charge in [-0.25, -0.2) is 8.78 Å². The van der Waals surface area contributed by atoms with Gasteiger partial charge in [0.2, 0.25) is 0 Å². The van der Waals surface area contributed by atoms with Gasteiger partial charge in [0.25, 0.3) is 0 Å². The third-order valence-corrected chi connectivity index (χ3v) is 2.61. The summed E-state index contributed by atoms with van der Waals surface area (Å²) in [5.41, 5.74) is 5.97. The topological polar surface area (TPSA) is 53.1 Å². The number of methoxy groups -OCH3 is 1. The Morgan fingerprint density at radius 2 is 2.22 bits per heavy atom. The van der Waals surface area contributed by atoms with E-state index >= 15 is 0 Å². The molecule has 0 aliphatic carbocycles. The van der Waals surface area contributed by atoms with Crippen LogP contribution >= 0.6 is 0 Å². The lowest BCUT2D eigenvalue weighted by molar-refractivity contribution is 0.412. The van der Waals surface area contributed by atoms with Gasteiger partial charge in [-0.15, -0.1) is 0 Å². The Morgan fingerprint density at radius 1 is 1.44 bits per heavy atom. The fourth-order valence-electron chi connectivity index (χ4n) is 1.66. The maximum Gasteiger partial charge on any atom is 0.163 e. The zero-order chi connectivity index (χ0) is 13.1. The summed E-state index contributed by atoms with van der Waals surface area (Å²) in [6.07, 6.45) is 3.16. The second-order valence-corrected chi connectivity index (χ2v) is 3.85. The summed E-state index contributed by atoms with van der Waals surface area (Å²) < 4.78 is 33.1. The summed E-state index contributed by atoms with van der Waals surface area (Å²) in [7, 11) is 1.52. The molecule has 6 heteroatoms. The zero-order valence-electron chi connectivity index (χ0n) is 9.81. The van der Waals surface area contributed by atoms with Crippen LogP contribution in [0.5, 0.6) is 5.75 Å². The monoisotopic (exact) mass is 253 g/mol. The smallest absolute Gasteiger partial charge is 0.163 e. The molecule has 0 saturated heterocycles. The van der Waals surface area contributed by atoms with E-state index in [0.717, 1.165) is 6.07 Å². The number of ether oxygens (including phenoxy) is 1. The standard InChI is InChI=1S/C12H13F2N3O/c1-18-8-5-16-17(6-8)7-11(15)9-3-2-4-10(13)12(9)14/h2-6,11H,7,15H2,1H3. The van der Waals surface area contributed by atoms with Gasteiger partial charge in [0.15, 0.2) is 17.4 Å². The lowest BCUT2D eigenvalue weighted by Gasteiger charge is -2.13. The van der Waals surface area contributed by atoms with Crippen molar-refractivity contribution in [3.63, 3.8) is 0 Å². The number of rotatable bonds is 4. The van der Waals surface area contributed by atoms with Crippen molar-refractivity contribution in [2.75, 3.05) is 7.11 Å². The first kappa shape index (κ1) is 12.5. The number of hydrogen-bond acceptors (Lipinski definition) is 3. The highest BCUT2D eigenvalue weighted by molar-refractivity contribution is 5.22. The van der Waals surface area contributed by atoms with Crippen molar-refractivity contribution in [3.05, 3.63) is 47.8 Å². The van der Waals surface area contributed by atoms with Crippen molar-refractivity contribution >= 4 is 0 Å². The van der Waals surface area contributed by atoms with Gasteiger partial charge in [-0.1, -0.05) is 12.1 Å². The number of hydrogen-bond donors (Lipinski definition) is 1. The van der Waals surface area contributed by atoms with E-state index in [2.05, 4.69) is 5.10 Å². The van der Waals surface area contributed by atoms with Crippen LogP contribution in [0.25, 0.3) is 0 Å². The summed E-state index contributed by atoms with van der Waals surface area (Å²) in [4.78, 5) is 0. The lowest BCUT2D eigenvalue weighted by atomic mass is 10.1. The molecule has 2 rings (SSSR count). The molecule has 0 radical (unpaired) electrons. The molecule has 0 aliphatic rings. The van der Waals surface area contributed by atoms with Crippen LogP contribution in [0.15, 0.2) is 30.6 Å². The fraction of sp³-hybridized carbons (Fsp3) is 0.250. The average Bonchev–Trinajstić information content (AvgIpc) is 2.80. The first-order valence-electron chi connectivity index (χ1n) is 5.37. The first-order chi connectivity index (χ1) is 8.61. The van der Waals surface area contributed by atoms with Crippen molar-refractivity contribution in [1.82, 2.24) is 9.78 Å². The van der Waals surface area contributed by atoms with Gasteiger partial charge in [-0.3, -0.25) is 4.68 Å². The number of halogens is 2. The van der Waals surface area contributed by atoms with Crippen LogP contribution in [0.3, 0.4) is 0 Å². The fourth-order valence-corrected chi connectivity index (χ4v) is 1.66. The van der Waals surface area contributed by atoms with Crippen LogP contribution in [0.1, 0.15) is 11.6 Å². The molecule has 0 saturated carbocycles. The molecule has 0 aliphatic heterocycles. The number of benzene rings is 1. The van der Waals surface area contributed by atoms with Gasteiger partial charge >= 0.3 is 0 Å². The van der Waals surface area contributed by atoms with Crippen LogP contribution < -0.4 is 10.5 Å². The van der Waals surface area contributed by atoms with E-state index < -0.39 is 17.7 Å². The van der Waals surface area contributed by atoms with Crippen LogP contribution in [-0.4, -0.2) is 16.9 Å². The number of nitrogens with zero attached hydrogens (tertiary/aromatic N) is 2. The number of aromatic nitrogens is 2. The SMILES string of the molecule is COc1cnn(CC(N)c2cccc(F)c2F)c1. The Hall–Kier alpha value is -1.95. The molecular formula is C12H13F2N3O. The van der Waals surface area contributed by atoms with Gasteiger partial charge < -0.3 is 10.5 Å². The molecular weight excluding hydrogens is 240 g/mol. The summed E-state index contributed by atoms with van der Waals surface area (Å²) in [5.74, 6) is -1.23. The minimum Gasteiger partial charge on any atom is -0.493 e. The molecule has 0 fully saturated rings. The van der Waals surface area contributed by atoms with E-state index in [0.29, 0.717) is 5.75 Å². The lowest BCUT2D eigenvalue weighted by Crippen LogP contribution is -2.19. The molecule has 2 N–H and O–H groups in total.